The molecule has 0 aromatic heterocycles. The third-order valence-electron chi connectivity index (χ3n) is 8.32. The van der Waals surface area contributed by atoms with E-state index >= 15 is 0 Å². The van der Waals surface area contributed by atoms with Gasteiger partial charge in [-0.25, -0.2) is 0 Å². The van der Waals surface area contributed by atoms with Crippen LogP contribution in [0.4, 0.5) is 0 Å². The molecule has 0 aromatic carbocycles. The third kappa shape index (κ3) is 6.60. The largest absolute Gasteiger partial charge is 0.394 e. The van der Waals surface area contributed by atoms with Crippen LogP contribution in [0, 0.1) is 0 Å². The summed E-state index contributed by atoms with van der Waals surface area (Å²) in [6.07, 6.45) is -20.5. The van der Waals surface area contributed by atoms with Gasteiger partial charge in [0.25, 0.3) is 0 Å². The fourth-order valence-electron chi connectivity index (χ4n) is 5.70. The molecular weight excluding hydrogens is 570 g/mol. The van der Waals surface area contributed by atoms with Gasteiger partial charge in [0.2, 0.25) is 0 Å². The molecule has 0 amide bonds. The second-order valence-electron chi connectivity index (χ2n) is 11.2. The molecule has 4 aliphatic rings. The topological polar surface area (TPSA) is 347 Å². The molecule has 19 atom stereocenters. The summed E-state index contributed by atoms with van der Waals surface area (Å²) in [6.45, 7) is -1.49. The summed E-state index contributed by atoms with van der Waals surface area (Å²) >= 11 is 0. The average Bonchev–Trinajstić information content (AvgIpc) is 3.27. The van der Waals surface area contributed by atoms with Gasteiger partial charge >= 0.3 is 0 Å². The van der Waals surface area contributed by atoms with Crippen molar-refractivity contribution in [1.82, 2.24) is 0 Å². The molecule has 3 saturated heterocycles. The van der Waals surface area contributed by atoms with E-state index in [9.17, 15) is 40.9 Å². The van der Waals surface area contributed by atoms with Crippen LogP contribution in [-0.4, -0.2) is 177 Å². The van der Waals surface area contributed by atoms with E-state index in [-0.39, 0.29) is 13.0 Å². The van der Waals surface area contributed by atoms with Gasteiger partial charge in [-0.1, -0.05) is 0 Å². The Hall–Kier alpha value is -0.760. The molecule has 16 unspecified atom stereocenters. The van der Waals surface area contributed by atoms with E-state index in [1.807, 2.05) is 0 Å². The predicted molar refractivity (Wildman–Crippen MR) is 136 cm³/mol. The van der Waals surface area contributed by atoms with Gasteiger partial charge in [0, 0.05) is 18.6 Å². The van der Waals surface area contributed by atoms with Gasteiger partial charge in [-0.2, -0.15) is 0 Å². The summed E-state index contributed by atoms with van der Waals surface area (Å²) in [7, 11) is 0. The van der Waals surface area contributed by atoms with Crippen LogP contribution < -0.4 is 28.7 Å². The molecule has 18 N–H and O–H groups in total. The maximum atomic E-state index is 11.1. The van der Waals surface area contributed by atoms with Crippen molar-refractivity contribution < 1.29 is 69.3 Å². The second kappa shape index (κ2) is 14.1. The summed E-state index contributed by atoms with van der Waals surface area (Å²) in [5.74, 6) is 0. The van der Waals surface area contributed by atoms with E-state index in [0.717, 1.165) is 0 Å². The van der Waals surface area contributed by atoms with Gasteiger partial charge in [0.1, 0.15) is 67.1 Å². The van der Waals surface area contributed by atoms with Gasteiger partial charge in [-0.3, -0.25) is 0 Å². The fourth-order valence-corrected chi connectivity index (χ4v) is 5.70. The Kier molecular flexibility index (Phi) is 11.5. The van der Waals surface area contributed by atoms with E-state index in [1.54, 1.807) is 0 Å². The highest BCUT2D eigenvalue weighted by Crippen LogP contribution is 2.34. The molecule has 1 saturated carbocycles. The highest BCUT2D eigenvalue weighted by molar-refractivity contribution is 5.02. The lowest BCUT2D eigenvalue weighted by Gasteiger charge is -2.47. The monoisotopic (exact) mass is 615 g/mol. The number of aliphatic hydroxyl groups excluding tert-OH is 8. The first-order chi connectivity index (χ1) is 19.8. The second-order valence-corrected chi connectivity index (χ2v) is 11.2. The maximum absolute atomic E-state index is 11.1. The van der Waals surface area contributed by atoms with Crippen molar-refractivity contribution in [1.29, 1.82) is 0 Å². The maximum Gasteiger partial charge on any atom is 0.187 e. The van der Waals surface area contributed by atoms with Gasteiger partial charge in [0.15, 0.2) is 18.9 Å². The van der Waals surface area contributed by atoms with E-state index < -0.39 is 129 Å². The molecule has 3 heterocycles. The minimum absolute atomic E-state index is 0.0642. The first-order valence-corrected chi connectivity index (χ1v) is 13.8. The van der Waals surface area contributed by atoms with E-state index in [2.05, 4.69) is 0 Å². The van der Waals surface area contributed by atoms with Gasteiger partial charge in [-0.05, 0) is 6.42 Å². The Morgan fingerprint density at radius 3 is 1.55 bits per heavy atom. The van der Waals surface area contributed by atoms with Crippen molar-refractivity contribution in [2.45, 2.75) is 123 Å². The molecule has 42 heavy (non-hydrogen) atoms. The molecule has 4 fully saturated rings. The van der Waals surface area contributed by atoms with Gasteiger partial charge < -0.3 is 97.9 Å². The van der Waals surface area contributed by atoms with Crippen molar-refractivity contribution in [2.24, 2.45) is 28.7 Å². The average molecular weight is 616 g/mol. The Labute approximate surface area is 240 Å². The SMILES string of the molecule is NCC1OC(O[C@@H]2C(O)[C@@H](OC3C(O)C(N)CC(N)C3OC3OC(CO)C(O)C(O)C3N)O[C@H]2CO)C(N)C(O)C1O. The van der Waals surface area contributed by atoms with Crippen LogP contribution in [0.5, 0.6) is 0 Å². The number of hydrogen-bond acceptors (Lipinski definition) is 19. The number of hydrogen-bond donors (Lipinski definition) is 13. The van der Waals surface area contributed by atoms with Crippen molar-refractivity contribution in [3.63, 3.8) is 0 Å². The summed E-state index contributed by atoms with van der Waals surface area (Å²) in [4.78, 5) is 0. The van der Waals surface area contributed by atoms with E-state index in [4.69, 9.17) is 57.1 Å². The molecule has 19 nitrogen and oxygen atoms in total. The summed E-state index contributed by atoms with van der Waals surface area (Å²) in [6, 6.07) is -4.30. The fraction of sp³-hybridized carbons (Fsp3) is 1.00. The predicted octanol–water partition coefficient (Wildman–Crippen LogP) is -8.86. The molecule has 19 heteroatoms. The first-order valence-electron chi connectivity index (χ1n) is 13.8. The lowest BCUT2D eigenvalue weighted by Crippen LogP contribution is -2.68. The summed E-state index contributed by atoms with van der Waals surface area (Å²) in [5, 5.41) is 82.3. The Morgan fingerprint density at radius 1 is 0.524 bits per heavy atom. The van der Waals surface area contributed by atoms with Gasteiger partial charge in [-0.15, -0.1) is 0 Å². The number of rotatable bonds is 9. The minimum Gasteiger partial charge on any atom is -0.394 e. The molecule has 4 rings (SSSR count). The zero-order valence-corrected chi connectivity index (χ0v) is 22.7. The normalized spacial score (nSPS) is 53.8. The Balaban J connectivity index is 1.50. The smallest absolute Gasteiger partial charge is 0.187 e. The Morgan fingerprint density at radius 2 is 1.00 bits per heavy atom. The molecule has 0 aromatic rings. The summed E-state index contributed by atoms with van der Waals surface area (Å²) in [5.41, 5.74) is 29.9. The molecule has 0 bridgehead atoms. The zero-order chi connectivity index (χ0) is 31.0. The summed E-state index contributed by atoms with van der Waals surface area (Å²) < 4.78 is 34.4. The van der Waals surface area contributed by atoms with Crippen molar-refractivity contribution in [3.8, 4) is 0 Å². The van der Waals surface area contributed by atoms with Crippen LogP contribution in [0.25, 0.3) is 0 Å². The van der Waals surface area contributed by atoms with Crippen LogP contribution >= 0.6 is 0 Å². The lowest BCUT2D eigenvalue weighted by molar-refractivity contribution is -0.310. The Bertz CT molecular complexity index is 866. The molecule has 1 aliphatic carbocycles. The highest BCUT2D eigenvalue weighted by atomic mass is 16.8. The minimum atomic E-state index is -1.62. The molecule has 0 spiro atoms. The van der Waals surface area contributed by atoms with Crippen LogP contribution in [0.3, 0.4) is 0 Å². The van der Waals surface area contributed by atoms with Gasteiger partial charge in [0.05, 0.1) is 31.4 Å². The molecule has 3 aliphatic heterocycles. The van der Waals surface area contributed by atoms with Crippen LogP contribution in [0.2, 0.25) is 0 Å². The van der Waals surface area contributed by atoms with Crippen LogP contribution in [0.15, 0.2) is 0 Å². The molecule has 246 valence electrons. The third-order valence-corrected chi connectivity index (χ3v) is 8.32. The van der Waals surface area contributed by atoms with Crippen LogP contribution in [-0.2, 0) is 28.4 Å². The molecular formula is C23H45N5O14. The number of ether oxygens (including phenoxy) is 6. The number of nitrogens with two attached hydrogens (primary N) is 5. The quantitative estimate of drug-likeness (QED) is 0.114. The lowest BCUT2D eigenvalue weighted by atomic mass is 9.84. The zero-order valence-electron chi connectivity index (χ0n) is 22.7. The molecule has 0 radical (unpaired) electrons. The first kappa shape index (κ1) is 34.1. The van der Waals surface area contributed by atoms with Crippen molar-refractivity contribution in [2.75, 3.05) is 19.8 Å². The standard InChI is InChI=1S/C23H45N5O14/c24-2-7-13(32)15(34)10(27)21(37-7)41-19-9(4-30)39-23(17(19)36)42-20-12(31)5(25)1-6(26)18(20)40-22-11(28)16(35)14(33)8(3-29)38-22/h5-23,29-36H,1-4,24-28H2/t5?,6?,7?,8?,9-,10?,11?,12?,13?,14?,15?,16?,17?,18?,19-,20?,21?,22?,23+/m0/s1. The van der Waals surface area contributed by atoms with Crippen LogP contribution in [0.1, 0.15) is 6.42 Å². The van der Waals surface area contributed by atoms with E-state index in [1.165, 1.54) is 0 Å². The van der Waals surface area contributed by atoms with Crippen molar-refractivity contribution in [3.05, 3.63) is 0 Å². The van der Waals surface area contributed by atoms with E-state index in [0.29, 0.717) is 0 Å². The highest BCUT2D eigenvalue weighted by Gasteiger charge is 2.54. The van der Waals surface area contributed by atoms with Crippen molar-refractivity contribution >= 4 is 0 Å². The number of aliphatic hydroxyl groups is 8.